The van der Waals surface area contributed by atoms with Crippen molar-refractivity contribution in [3.8, 4) is 5.75 Å². The molecule has 1 aliphatic heterocycles. The van der Waals surface area contributed by atoms with Gasteiger partial charge >= 0.3 is 0 Å². The maximum atomic E-state index is 14.0. The Hall–Kier alpha value is -2.92. The van der Waals surface area contributed by atoms with Gasteiger partial charge in [0.25, 0.3) is 5.91 Å². The standard InChI is InChI=1S/C22H21FN2O2/c1-3-24(13-15-10-11-20(27-2)18(23)12-15)14-25-19-9-5-7-16-6-4-8-17(21(16)19)22(25)26/h4-12H,3,13-14H2,1-2H3. The van der Waals surface area contributed by atoms with Gasteiger partial charge in [-0.2, -0.15) is 0 Å². The molecule has 0 bridgehead atoms. The van der Waals surface area contributed by atoms with Gasteiger partial charge in [0, 0.05) is 17.5 Å². The van der Waals surface area contributed by atoms with Gasteiger partial charge in [-0.15, -0.1) is 0 Å². The first kappa shape index (κ1) is 17.5. The second kappa shape index (κ2) is 7.00. The smallest absolute Gasteiger partial charge is 0.260 e. The number of nitrogens with zero attached hydrogens (tertiary/aromatic N) is 2. The van der Waals surface area contributed by atoms with E-state index in [1.165, 1.54) is 13.2 Å². The first-order chi connectivity index (χ1) is 13.1. The monoisotopic (exact) mass is 364 g/mol. The SMILES string of the molecule is CCN(Cc1ccc(OC)c(F)c1)CN1C(=O)c2cccc3cccc1c23. The molecule has 3 aromatic carbocycles. The molecule has 1 heterocycles. The van der Waals surface area contributed by atoms with Crippen molar-refractivity contribution in [1.29, 1.82) is 0 Å². The van der Waals surface area contributed by atoms with E-state index in [2.05, 4.69) is 4.90 Å². The summed E-state index contributed by atoms with van der Waals surface area (Å²) in [7, 11) is 1.45. The van der Waals surface area contributed by atoms with Crippen molar-refractivity contribution >= 4 is 22.4 Å². The van der Waals surface area contributed by atoms with Crippen LogP contribution in [0.15, 0.2) is 54.6 Å². The summed E-state index contributed by atoms with van der Waals surface area (Å²) < 4.78 is 19.0. The van der Waals surface area contributed by atoms with Gasteiger partial charge in [0.15, 0.2) is 11.6 Å². The van der Waals surface area contributed by atoms with Crippen LogP contribution in [-0.2, 0) is 6.54 Å². The molecule has 4 nitrogen and oxygen atoms in total. The molecule has 4 rings (SSSR count). The number of benzene rings is 3. The van der Waals surface area contributed by atoms with Gasteiger partial charge in [0.2, 0.25) is 0 Å². The lowest BCUT2D eigenvalue weighted by Gasteiger charge is -2.27. The van der Waals surface area contributed by atoms with E-state index in [9.17, 15) is 9.18 Å². The highest BCUT2D eigenvalue weighted by Crippen LogP contribution is 2.37. The maximum absolute atomic E-state index is 14.0. The zero-order valence-electron chi connectivity index (χ0n) is 15.4. The first-order valence-corrected chi connectivity index (χ1v) is 9.00. The Bertz CT molecular complexity index is 1010. The lowest BCUT2D eigenvalue weighted by molar-refractivity contribution is 0.0973. The average molecular weight is 364 g/mol. The summed E-state index contributed by atoms with van der Waals surface area (Å²) in [5, 5.41) is 2.08. The molecule has 138 valence electrons. The normalized spacial score (nSPS) is 13.0. The van der Waals surface area contributed by atoms with E-state index in [-0.39, 0.29) is 17.5 Å². The van der Waals surface area contributed by atoms with Crippen LogP contribution < -0.4 is 9.64 Å². The minimum absolute atomic E-state index is 0.0150. The van der Waals surface area contributed by atoms with Gasteiger partial charge in [-0.05, 0) is 41.8 Å². The van der Waals surface area contributed by atoms with E-state index < -0.39 is 0 Å². The summed E-state index contributed by atoms with van der Waals surface area (Å²) in [6, 6.07) is 16.8. The molecule has 1 aliphatic rings. The second-order valence-corrected chi connectivity index (χ2v) is 6.67. The van der Waals surface area contributed by atoms with Crippen LogP contribution >= 0.6 is 0 Å². The van der Waals surface area contributed by atoms with Crippen LogP contribution in [0.5, 0.6) is 5.75 Å². The highest BCUT2D eigenvalue weighted by atomic mass is 19.1. The number of carbonyl (C=O) groups is 1. The quantitative estimate of drug-likeness (QED) is 0.649. The molecule has 0 spiro atoms. The molecule has 1 amide bonds. The molecular weight excluding hydrogens is 343 g/mol. The molecule has 0 saturated heterocycles. The number of ether oxygens (including phenoxy) is 1. The van der Waals surface area contributed by atoms with Crippen LogP contribution in [0.2, 0.25) is 0 Å². The van der Waals surface area contributed by atoms with Crippen molar-refractivity contribution in [2.24, 2.45) is 0 Å². The molecule has 0 aromatic heterocycles. The summed E-state index contributed by atoms with van der Waals surface area (Å²) in [6.45, 7) is 3.78. The topological polar surface area (TPSA) is 32.8 Å². The van der Waals surface area contributed by atoms with E-state index in [4.69, 9.17) is 4.74 Å². The summed E-state index contributed by atoms with van der Waals surface area (Å²) in [6.07, 6.45) is 0. The number of hydrogen-bond acceptors (Lipinski definition) is 3. The Morgan fingerprint density at radius 3 is 2.59 bits per heavy atom. The highest BCUT2D eigenvalue weighted by molar-refractivity contribution is 6.24. The summed E-state index contributed by atoms with van der Waals surface area (Å²) in [5.74, 6) is -0.125. The molecule has 0 atom stereocenters. The van der Waals surface area contributed by atoms with Crippen molar-refractivity contribution in [2.45, 2.75) is 13.5 Å². The molecule has 0 radical (unpaired) electrons. The molecule has 0 saturated carbocycles. The summed E-state index contributed by atoms with van der Waals surface area (Å²) >= 11 is 0. The number of rotatable bonds is 6. The number of amides is 1. The Labute approximate surface area is 157 Å². The fourth-order valence-corrected chi connectivity index (χ4v) is 3.65. The van der Waals surface area contributed by atoms with Gasteiger partial charge < -0.3 is 4.74 Å². The molecule has 0 N–H and O–H groups in total. The number of anilines is 1. The Morgan fingerprint density at radius 1 is 1.11 bits per heavy atom. The van der Waals surface area contributed by atoms with Crippen molar-refractivity contribution in [3.63, 3.8) is 0 Å². The minimum atomic E-state index is -0.375. The van der Waals surface area contributed by atoms with Gasteiger partial charge in [-0.3, -0.25) is 14.6 Å². The largest absolute Gasteiger partial charge is 0.494 e. The number of halogens is 1. The van der Waals surface area contributed by atoms with Crippen molar-refractivity contribution in [1.82, 2.24) is 4.90 Å². The third-order valence-electron chi connectivity index (χ3n) is 5.06. The van der Waals surface area contributed by atoms with Crippen LogP contribution in [0, 0.1) is 5.82 Å². The zero-order chi connectivity index (χ0) is 19.0. The fraction of sp³-hybridized carbons (Fsp3) is 0.227. The van der Waals surface area contributed by atoms with Crippen molar-refractivity contribution < 1.29 is 13.9 Å². The van der Waals surface area contributed by atoms with Crippen LogP contribution in [0.25, 0.3) is 10.8 Å². The number of methoxy groups -OCH3 is 1. The van der Waals surface area contributed by atoms with E-state index in [0.717, 1.165) is 34.1 Å². The van der Waals surface area contributed by atoms with Gasteiger partial charge in [-0.1, -0.05) is 37.3 Å². The van der Waals surface area contributed by atoms with Gasteiger partial charge in [0.05, 0.1) is 19.5 Å². The molecule has 0 unspecified atom stereocenters. The lowest BCUT2D eigenvalue weighted by atomic mass is 10.1. The zero-order valence-corrected chi connectivity index (χ0v) is 15.4. The molecule has 3 aromatic rings. The third kappa shape index (κ3) is 3.04. The predicted molar refractivity (Wildman–Crippen MR) is 105 cm³/mol. The highest BCUT2D eigenvalue weighted by Gasteiger charge is 2.30. The second-order valence-electron chi connectivity index (χ2n) is 6.67. The molecular formula is C22H21FN2O2. The summed E-state index contributed by atoms with van der Waals surface area (Å²) in [4.78, 5) is 16.9. The number of carbonyl (C=O) groups excluding carboxylic acids is 1. The van der Waals surface area contributed by atoms with E-state index in [1.54, 1.807) is 11.0 Å². The third-order valence-corrected chi connectivity index (χ3v) is 5.06. The van der Waals surface area contributed by atoms with Crippen molar-refractivity contribution in [2.75, 3.05) is 25.2 Å². The Kier molecular flexibility index (Phi) is 4.54. The molecule has 5 heteroatoms. The molecule has 0 aliphatic carbocycles. The Morgan fingerprint density at radius 2 is 1.89 bits per heavy atom. The first-order valence-electron chi connectivity index (χ1n) is 9.00. The van der Waals surface area contributed by atoms with Gasteiger partial charge in [0.1, 0.15) is 0 Å². The van der Waals surface area contributed by atoms with Crippen LogP contribution in [0.3, 0.4) is 0 Å². The van der Waals surface area contributed by atoms with Crippen molar-refractivity contribution in [3.05, 3.63) is 71.5 Å². The predicted octanol–water partition coefficient (Wildman–Crippen LogP) is 4.43. The van der Waals surface area contributed by atoms with Crippen LogP contribution in [0.1, 0.15) is 22.8 Å². The molecule has 0 fully saturated rings. The lowest BCUT2D eigenvalue weighted by Crippen LogP contribution is -2.39. The number of hydrogen-bond donors (Lipinski definition) is 0. The van der Waals surface area contributed by atoms with Crippen LogP contribution in [-0.4, -0.2) is 31.1 Å². The fourth-order valence-electron chi connectivity index (χ4n) is 3.65. The molecule has 27 heavy (non-hydrogen) atoms. The van der Waals surface area contributed by atoms with Gasteiger partial charge in [-0.25, -0.2) is 4.39 Å². The Balaban J connectivity index is 1.59. The van der Waals surface area contributed by atoms with E-state index in [0.29, 0.717) is 13.2 Å². The van der Waals surface area contributed by atoms with Crippen LogP contribution in [0.4, 0.5) is 10.1 Å². The summed E-state index contributed by atoms with van der Waals surface area (Å²) in [5.41, 5.74) is 2.53. The van der Waals surface area contributed by atoms with E-state index in [1.807, 2.05) is 49.4 Å². The van der Waals surface area contributed by atoms with E-state index >= 15 is 0 Å². The maximum Gasteiger partial charge on any atom is 0.260 e. The minimum Gasteiger partial charge on any atom is -0.494 e. The average Bonchev–Trinajstić information content (AvgIpc) is 2.95.